The highest BCUT2D eigenvalue weighted by atomic mass is 32.2. The molecule has 0 amide bonds. The van der Waals surface area contributed by atoms with Gasteiger partial charge in [0.1, 0.15) is 5.78 Å². The Morgan fingerprint density at radius 1 is 1.29 bits per heavy atom. The third kappa shape index (κ3) is 3.94. The molecule has 1 unspecified atom stereocenters. The van der Waals surface area contributed by atoms with Crippen molar-refractivity contribution >= 4 is 15.6 Å². The lowest BCUT2D eigenvalue weighted by atomic mass is 10.0. The number of hydrogen-bond acceptors (Lipinski definition) is 4. The second-order valence-electron chi connectivity index (χ2n) is 4.09. The molecule has 0 aliphatic carbocycles. The predicted molar refractivity (Wildman–Crippen MR) is 66.7 cm³/mol. The molecule has 17 heavy (non-hydrogen) atoms. The summed E-state index contributed by atoms with van der Waals surface area (Å²) in [6, 6.07) is 6.53. The van der Waals surface area contributed by atoms with Gasteiger partial charge in [0.15, 0.2) is 9.84 Å². The standard InChI is InChI=1S/C12H17NO3S/c1-9(14)8-12(13-2)10-4-6-11(7-5-10)17(3,15)16/h4-7,12-13H,8H2,1-3H3. The highest BCUT2D eigenvalue weighted by Gasteiger charge is 2.13. The van der Waals surface area contributed by atoms with E-state index in [1.807, 2.05) is 0 Å². The smallest absolute Gasteiger partial charge is 0.175 e. The summed E-state index contributed by atoms with van der Waals surface area (Å²) in [5.41, 5.74) is 0.912. The third-order valence-electron chi connectivity index (χ3n) is 2.55. The molecule has 0 saturated heterocycles. The van der Waals surface area contributed by atoms with Crippen LogP contribution in [0.25, 0.3) is 0 Å². The van der Waals surface area contributed by atoms with E-state index in [9.17, 15) is 13.2 Å². The van der Waals surface area contributed by atoms with Gasteiger partial charge >= 0.3 is 0 Å². The maximum Gasteiger partial charge on any atom is 0.175 e. The van der Waals surface area contributed by atoms with E-state index in [0.29, 0.717) is 11.3 Å². The zero-order chi connectivity index (χ0) is 13.1. The first-order valence-corrected chi connectivity index (χ1v) is 7.20. The van der Waals surface area contributed by atoms with Crippen molar-refractivity contribution in [2.75, 3.05) is 13.3 Å². The fourth-order valence-electron chi connectivity index (χ4n) is 1.62. The molecule has 1 aromatic carbocycles. The van der Waals surface area contributed by atoms with E-state index in [0.717, 1.165) is 5.56 Å². The number of carbonyl (C=O) groups excluding carboxylic acids is 1. The Balaban J connectivity index is 2.97. The van der Waals surface area contributed by atoms with Crippen molar-refractivity contribution in [1.29, 1.82) is 0 Å². The number of carbonyl (C=O) groups is 1. The summed E-state index contributed by atoms with van der Waals surface area (Å²) in [6.45, 7) is 1.54. The second kappa shape index (κ2) is 5.42. The van der Waals surface area contributed by atoms with Gasteiger partial charge in [-0.25, -0.2) is 8.42 Å². The Labute approximate surface area is 102 Å². The molecular weight excluding hydrogens is 238 g/mol. The molecular formula is C12H17NO3S. The molecule has 0 heterocycles. The molecule has 1 rings (SSSR count). The summed E-state index contributed by atoms with van der Waals surface area (Å²) in [5.74, 6) is 0.0940. The molecule has 94 valence electrons. The average Bonchev–Trinajstić information content (AvgIpc) is 2.24. The number of Topliss-reactive ketones (excluding diaryl/α,β-unsaturated/α-hetero) is 1. The van der Waals surface area contributed by atoms with Crippen molar-refractivity contribution in [3.05, 3.63) is 29.8 Å². The zero-order valence-corrected chi connectivity index (χ0v) is 11.0. The van der Waals surface area contributed by atoms with Gasteiger partial charge in [-0.2, -0.15) is 0 Å². The van der Waals surface area contributed by atoms with Crippen molar-refractivity contribution in [2.45, 2.75) is 24.3 Å². The van der Waals surface area contributed by atoms with Crippen LogP contribution in [0.5, 0.6) is 0 Å². The molecule has 0 bridgehead atoms. The summed E-state index contributed by atoms with van der Waals surface area (Å²) in [4.78, 5) is 11.4. The highest BCUT2D eigenvalue weighted by molar-refractivity contribution is 7.90. The first kappa shape index (κ1) is 13.9. The van der Waals surface area contributed by atoms with Gasteiger partial charge in [0, 0.05) is 18.7 Å². The summed E-state index contributed by atoms with van der Waals surface area (Å²) in [7, 11) is -1.39. The van der Waals surface area contributed by atoms with E-state index in [2.05, 4.69) is 5.32 Å². The lowest BCUT2D eigenvalue weighted by Crippen LogP contribution is -2.19. The second-order valence-corrected chi connectivity index (χ2v) is 6.10. The van der Waals surface area contributed by atoms with Crippen LogP contribution in [0.1, 0.15) is 24.9 Å². The number of nitrogens with one attached hydrogen (secondary N) is 1. The molecule has 0 radical (unpaired) electrons. The first-order chi connectivity index (χ1) is 7.84. The fourth-order valence-corrected chi connectivity index (χ4v) is 2.25. The van der Waals surface area contributed by atoms with E-state index < -0.39 is 9.84 Å². The van der Waals surface area contributed by atoms with Crippen molar-refractivity contribution in [3.63, 3.8) is 0 Å². The average molecular weight is 255 g/mol. The molecule has 0 fully saturated rings. The molecule has 0 saturated carbocycles. The highest BCUT2D eigenvalue weighted by Crippen LogP contribution is 2.19. The van der Waals surface area contributed by atoms with Crippen LogP contribution in [-0.2, 0) is 14.6 Å². The van der Waals surface area contributed by atoms with Crippen molar-refractivity contribution in [3.8, 4) is 0 Å². The van der Waals surface area contributed by atoms with Gasteiger partial charge in [-0.3, -0.25) is 4.79 Å². The van der Waals surface area contributed by atoms with Gasteiger partial charge in [0.2, 0.25) is 0 Å². The maximum absolute atomic E-state index is 11.3. The van der Waals surface area contributed by atoms with E-state index in [1.165, 1.54) is 13.2 Å². The summed E-state index contributed by atoms with van der Waals surface area (Å²) in [6.07, 6.45) is 1.57. The zero-order valence-electron chi connectivity index (χ0n) is 10.2. The number of benzene rings is 1. The Kier molecular flexibility index (Phi) is 4.42. The summed E-state index contributed by atoms with van der Waals surface area (Å²) < 4.78 is 22.6. The van der Waals surface area contributed by atoms with Crippen LogP contribution in [0.4, 0.5) is 0 Å². The predicted octanol–water partition coefficient (Wildman–Crippen LogP) is 1.33. The van der Waals surface area contributed by atoms with Gasteiger partial charge in [0.25, 0.3) is 0 Å². The maximum atomic E-state index is 11.3. The molecule has 1 atom stereocenters. The van der Waals surface area contributed by atoms with E-state index in [4.69, 9.17) is 0 Å². The van der Waals surface area contributed by atoms with Crippen molar-refractivity contribution in [2.24, 2.45) is 0 Å². The largest absolute Gasteiger partial charge is 0.313 e. The number of hydrogen-bond donors (Lipinski definition) is 1. The molecule has 0 aliphatic rings. The van der Waals surface area contributed by atoms with Crippen LogP contribution in [0, 0.1) is 0 Å². The minimum atomic E-state index is -3.16. The fraction of sp³-hybridized carbons (Fsp3) is 0.417. The Morgan fingerprint density at radius 2 is 1.82 bits per heavy atom. The van der Waals surface area contributed by atoms with Gasteiger partial charge < -0.3 is 5.32 Å². The van der Waals surface area contributed by atoms with E-state index in [-0.39, 0.29) is 11.8 Å². The van der Waals surface area contributed by atoms with Crippen LogP contribution >= 0.6 is 0 Å². The Morgan fingerprint density at radius 3 is 2.18 bits per heavy atom. The number of rotatable bonds is 5. The minimum Gasteiger partial charge on any atom is -0.313 e. The molecule has 5 heteroatoms. The van der Waals surface area contributed by atoms with Gasteiger partial charge in [-0.05, 0) is 31.7 Å². The van der Waals surface area contributed by atoms with E-state index >= 15 is 0 Å². The van der Waals surface area contributed by atoms with Crippen LogP contribution < -0.4 is 5.32 Å². The summed E-state index contributed by atoms with van der Waals surface area (Å²) in [5, 5.41) is 3.04. The molecule has 1 N–H and O–H groups in total. The number of sulfone groups is 1. The number of ketones is 1. The lowest BCUT2D eigenvalue weighted by molar-refractivity contribution is -0.117. The molecule has 0 spiro atoms. The van der Waals surface area contributed by atoms with Crippen LogP contribution in [0.2, 0.25) is 0 Å². The van der Waals surface area contributed by atoms with Gasteiger partial charge in [-0.15, -0.1) is 0 Å². The lowest BCUT2D eigenvalue weighted by Gasteiger charge is -2.15. The van der Waals surface area contributed by atoms with Crippen LogP contribution in [-0.4, -0.2) is 27.5 Å². The normalized spacial score (nSPS) is 13.4. The topological polar surface area (TPSA) is 63.2 Å². The molecule has 4 nitrogen and oxygen atoms in total. The Bertz CT molecular complexity index is 491. The van der Waals surface area contributed by atoms with Gasteiger partial charge in [0.05, 0.1) is 4.90 Å². The van der Waals surface area contributed by atoms with Crippen LogP contribution in [0.15, 0.2) is 29.2 Å². The van der Waals surface area contributed by atoms with Gasteiger partial charge in [-0.1, -0.05) is 12.1 Å². The molecule has 1 aromatic rings. The first-order valence-electron chi connectivity index (χ1n) is 5.31. The van der Waals surface area contributed by atoms with Crippen molar-refractivity contribution in [1.82, 2.24) is 5.32 Å². The van der Waals surface area contributed by atoms with Crippen molar-refractivity contribution < 1.29 is 13.2 Å². The summed E-state index contributed by atoms with van der Waals surface area (Å²) >= 11 is 0. The monoisotopic (exact) mass is 255 g/mol. The van der Waals surface area contributed by atoms with E-state index in [1.54, 1.807) is 31.3 Å². The SMILES string of the molecule is CNC(CC(C)=O)c1ccc(S(C)(=O)=O)cc1. The Hall–Kier alpha value is -1.20. The minimum absolute atomic E-state index is 0.0684. The molecule has 0 aromatic heterocycles. The van der Waals surface area contributed by atoms with Crippen LogP contribution in [0.3, 0.4) is 0 Å². The quantitative estimate of drug-likeness (QED) is 0.862. The third-order valence-corrected chi connectivity index (χ3v) is 3.68. The molecule has 0 aliphatic heterocycles.